The number of H-pyrrole nitrogens is 1. The van der Waals surface area contributed by atoms with E-state index in [4.69, 9.17) is 24.5 Å². The third kappa shape index (κ3) is 5.34. The maximum atomic E-state index is 9.10. The quantitative estimate of drug-likeness (QED) is 0.584. The van der Waals surface area contributed by atoms with Crippen LogP contribution in [0.25, 0.3) is 22.2 Å². The van der Waals surface area contributed by atoms with Crippen molar-refractivity contribution in [1.82, 2.24) is 9.88 Å². The molecule has 0 spiro atoms. The van der Waals surface area contributed by atoms with Gasteiger partial charge in [-0.1, -0.05) is 30.3 Å². The van der Waals surface area contributed by atoms with Gasteiger partial charge in [-0.3, -0.25) is 0 Å². The fourth-order valence-corrected chi connectivity index (χ4v) is 2.80. The molecule has 3 aromatic rings. The van der Waals surface area contributed by atoms with E-state index in [0.29, 0.717) is 0 Å². The number of ether oxygens (including phenoxy) is 1. The van der Waals surface area contributed by atoms with Crippen molar-refractivity contribution in [3.63, 3.8) is 0 Å². The summed E-state index contributed by atoms with van der Waals surface area (Å²) in [5, 5.41) is 16.0. The number of carboxylic acid groups (broad SMARTS) is 2. The van der Waals surface area contributed by atoms with Gasteiger partial charge in [0.2, 0.25) is 0 Å². The van der Waals surface area contributed by atoms with E-state index in [1.54, 1.807) is 7.11 Å². The highest BCUT2D eigenvalue weighted by atomic mass is 16.5. The van der Waals surface area contributed by atoms with E-state index in [2.05, 4.69) is 66.4 Å². The molecular weight excluding hydrogens is 360 g/mol. The summed E-state index contributed by atoms with van der Waals surface area (Å²) < 4.78 is 5.39. The van der Waals surface area contributed by atoms with E-state index >= 15 is 0 Å². The lowest BCUT2D eigenvalue weighted by Crippen LogP contribution is -2.15. The molecule has 1 heterocycles. The summed E-state index contributed by atoms with van der Waals surface area (Å²) >= 11 is 0. The van der Waals surface area contributed by atoms with Gasteiger partial charge < -0.3 is 24.8 Å². The molecule has 3 rings (SSSR count). The molecular formula is C21H24N2O5. The van der Waals surface area contributed by atoms with Crippen LogP contribution in [0.1, 0.15) is 5.56 Å². The van der Waals surface area contributed by atoms with Crippen LogP contribution in [0.5, 0.6) is 5.75 Å². The zero-order chi connectivity index (χ0) is 20.7. The van der Waals surface area contributed by atoms with Crippen molar-refractivity contribution in [3.05, 3.63) is 54.1 Å². The van der Waals surface area contributed by atoms with Crippen molar-refractivity contribution in [2.45, 2.75) is 6.42 Å². The molecule has 0 saturated carbocycles. The second-order valence-corrected chi connectivity index (χ2v) is 6.42. The van der Waals surface area contributed by atoms with E-state index in [0.717, 1.165) is 24.2 Å². The molecule has 0 unspecified atom stereocenters. The number of carbonyl (C=O) groups is 2. The molecule has 7 nitrogen and oxygen atoms in total. The van der Waals surface area contributed by atoms with Gasteiger partial charge in [0.1, 0.15) is 5.75 Å². The fraction of sp³-hybridized carbons (Fsp3) is 0.238. The number of nitrogens with zero attached hydrogens (tertiary/aromatic N) is 1. The van der Waals surface area contributed by atoms with Crippen LogP contribution in [-0.2, 0) is 16.0 Å². The topological polar surface area (TPSA) is 103 Å². The molecule has 0 fully saturated rings. The van der Waals surface area contributed by atoms with Crippen LogP contribution in [0.3, 0.4) is 0 Å². The third-order valence-corrected chi connectivity index (χ3v) is 4.17. The summed E-state index contributed by atoms with van der Waals surface area (Å²) in [6, 6.07) is 16.7. The number of hydrogen-bond donors (Lipinski definition) is 3. The lowest BCUT2D eigenvalue weighted by atomic mass is 10.0. The van der Waals surface area contributed by atoms with Gasteiger partial charge in [0.15, 0.2) is 0 Å². The first-order valence-electron chi connectivity index (χ1n) is 8.68. The van der Waals surface area contributed by atoms with Gasteiger partial charge in [-0.2, -0.15) is 0 Å². The second-order valence-electron chi connectivity index (χ2n) is 6.42. The minimum atomic E-state index is -1.82. The summed E-state index contributed by atoms with van der Waals surface area (Å²) in [5.74, 6) is -2.75. The first-order valence-corrected chi connectivity index (χ1v) is 8.68. The average molecular weight is 384 g/mol. The Morgan fingerprint density at radius 2 is 1.68 bits per heavy atom. The Hall–Kier alpha value is -3.32. The zero-order valence-corrected chi connectivity index (χ0v) is 16.1. The molecule has 7 heteroatoms. The molecule has 148 valence electrons. The number of benzene rings is 2. The monoisotopic (exact) mass is 384 g/mol. The van der Waals surface area contributed by atoms with Crippen molar-refractivity contribution in [3.8, 4) is 17.0 Å². The van der Waals surface area contributed by atoms with Crippen molar-refractivity contribution in [2.24, 2.45) is 0 Å². The Morgan fingerprint density at radius 3 is 2.21 bits per heavy atom. The number of aromatic nitrogens is 1. The van der Waals surface area contributed by atoms with Gasteiger partial charge in [0.05, 0.1) is 7.11 Å². The molecule has 0 amide bonds. The molecule has 0 saturated heterocycles. The summed E-state index contributed by atoms with van der Waals surface area (Å²) in [6.07, 6.45) is 1.00. The molecule has 1 aromatic heterocycles. The minimum Gasteiger partial charge on any atom is -0.497 e. The highest BCUT2D eigenvalue weighted by Crippen LogP contribution is 2.32. The maximum absolute atomic E-state index is 9.10. The number of likely N-dealkylation sites (N-methyl/N-ethyl adjacent to an activating group) is 1. The van der Waals surface area contributed by atoms with Crippen molar-refractivity contribution in [1.29, 1.82) is 0 Å². The minimum absolute atomic E-state index is 0.900. The summed E-state index contributed by atoms with van der Waals surface area (Å²) in [7, 11) is 5.93. The first-order chi connectivity index (χ1) is 13.3. The second kappa shape index (κ2) is 9.57. The molecule has 0 aliphatic heterocycles. The molecule has 0 aliphatic carbocycles. The lowest BCUT2D eigenvalue weighted by molar-refractivity contribution is -0.159. The predicted molar refractivity (Wildman–Crippen MR) is 108 cm³/mol. The Kier molecular flexibility index (Phi) is 7.17. The molecule has 0 radical (unpaired) electrons. The lowest BCUT2D eigenvalue weighted by Gasteiger charge is -2.11. The van der Waals surface area contributed by atoms with E-state index in [1.807, 2.05) is 6.07 Å². The molecule has 0 aliphatic rings. The summed E-state index contributed by atoms with van der Waals surface area (Å²) in [6.45, 7) is 1.02. The number of rotatable bonds is 5. The Bertz CT molecular complexity index is 936. The molecule has 2 aromatic carbocycles. The number of nitrogens with one attached hydrogen (secondary N) is 1. The smallest absolute Gasteiger partial charge is 0.414 e. The van der Waals surface area contributed by atoms with Crippen LogP contribution < -0.4 is 4.74 Å². The highest BCUT2D eigenvalue weighted by molar-refractivity contribution is 6.27. The number of methoxy groups -OCH3 is 1. The van der Waals surface area contributed by atoms with Crippen LogP contribution in [0.4, 0.5) is 0 Å². The van der Waals surface area contributed by atoms with Gasteiger partial charge >= 0.3 is 11.9 Å². The summed E-state index contributed by atoms with van der Waals surface area (Å²) in [4.78, 5) is 24.0. The van der Waals surface area contributed by atoms with Gasteiger partial charge in [-0.05, 0) is 49.8 Å². The average Bonchev–Trinajstić information content (AvgIpc) is 3.05. The van der Waals surface area contributed by atoms with Gasteiger partial charge in [-0.25, -0.2) is 9.59 Å². The van der Waals surface area contributed by atoms with E-state index in [1.165, 1.54) is 22.2 Å². The predicted octanol–water partition coefficient (Wildman–Crippen LogP) is 3.10. The number of carboxylic acids is 2. The maximum Gasteiger partial charge on any atom is 0.414 e. The van der Waals surface area contributed by atoms with Crippen molar-refractivity contribution in [2.75, 3.05) is 27.7 Å². The van der Waals surface area contributed by atoms with E-state index in [-0.39, 0.29) is 0 Å². The number of hydrogen-bond acceptors (Lipinski definition) is 4. The third-order valence-electron chi connectivity index (χ3n) is 4.17. The Labute approximate surface area is 163 Å². The number of aromatic amines is 1. The van der Waals surface area contributed by atoms with Crippen LogP contribution in [0, 0.1) is 0 Å². The van der Waals surface area contributed by atoms with Crippen LogP contribution in [0.2, 0.25) is 0 Å². The largest absolute Gasteiger partial charge is 0.497 e. The summed E-state index contributed by atoms with van der Waals surface area (Å²) in [5.41, 5.74) is 4.96. The van der Waals surface area contributed by atoms with E-state index in [9.17, 15) is 0 Å². The van der Waals surface area contributed by atoms with Crippen LogP contribution >= 0.6 is 0 Å². The van der Waals surface area contributed by atoms with Crippen LogP contribution in [0.15, 0.2) is 48.5 Å². The SMILES string of the molecule is COc1ccc2[nH]c(-c3ccccc3)c(CCN(C)C)c2c1.O=C(O)C(=O)O. The van der Waals surface area contributed by atoms with Crippen molar-refractivity contribution < 1.29 is 24.5 Å². The van der Waals surface area contributed by atoms with Crippen molar-refractivity contribution >= 4 is 22.8 Å². The molecule has 28 heavy (non-hydrogen) atoms. The van der Waals surface area contributed by atoms with E-state index < -0.39 is 11.9 Å². The highest BCUT2D eigenvalue weighted by Gasteiger charge is 2.14. The molecule has 0 bridgehead atoms. The zero-order valence-electron chi connectivity index (χ0n) is 16.1. The standard InChI is InChI=1S/C19H22N2O.C2H2O4/c1-21(2)12-11-16-17-13-15(22-3)9-10-18(17)20-19(16)14-7-5-4-6-8-14;3-1(4)2(5)6/h4-10,13,20H,11-12H2,1-3H3;(H,3,4)(H,5,6). The number of fused-ring (bicyclic) bond motifs is 1. The van der Waals surface area contributed by atoms with Gasteiger partial charge in [0.25, 0.3) is 0 Å². The fourth-order valence-electron chi connectivity index (χ4n) is 2.80. The van der Waals surface area contributed by atoms with Crippen LogP contribution in [-0.4, -0.2) is 59.8 Å². The Morgan fingerprint density at radius 1 is 1.04 bits per heavy atom. The normalized spacial score (nSPS) is 10.4. The Balaban J connectivity index is 0.000000409. The molecule has 3 N–H and O–H groups in total. The van der Waals surface area contributed by atoms with Gasteiger partial charge in [-0.15, -0.1) is 0 Å². The molecule has 0 atom stereocenters. The first kappa shape index (κ1) is 21.0. The number of aliphatic carboxylic acids is 2. The van der Waals surface area contributed by atoms with Gasteiger partial charge in [0, 0.05) is 23.1 Å².